The van der Waals surface area contributed by atoms with E-state index in [0.717, 1.165) is 25.4 Å². The normalized spacial score (nSPS) is 13.2. The summed E-state index contributed by atoms with van der Waals surface area (Å²) in [5, 5.41) is 3.37. The van der Waals surface area contributed by atoms with Crippen molar-refractivity contribution in [3.63, 3.8) is 0 Å². The number of halogens is 5. The zero-order valence-corrected chi connectivity index (χ0v) is 20.7. The molecule has 36 heavy (non-hydrogen) atoms. The van der Waals surface area contributed by atoms with Gasteiger partial charge in [-0.25, -0.2) is 18.5 Å². The van der Waals surface area contributed by atoms with E-state index in [1.807, 2.05) is 20.8 Å². The number of aromatic nitrogens is 2. The van der Waals surface area contributed by atoms with Crippen molar-refractivity contribution >= 4 is 23.8 Å². The summed E-state index contributed by atoms with van der Waals surface area (Å²) in [6.45, 7) is 7.03. The monoisotopic (exact) mass is 537 g/mol. The number of esters is 1. The second kappa shape index (κ2) is 11.2. The molecule has 0 saturated heterocycles. The first-order valence-corrected chi connectivity index (χ1v) is 10.8. The Bertz CT molecular complexity index is 1260. The smallest absolute Gasteiger partial charge is 0.431 e. The van der Waals surface area contributed by atoms with E-state index in [1.54, 1.807) is 0 Å². The lowest BCUT2D eigenvalue weighted by Crippen LogP contribution is -2.41. The van der Waals surface area contributed by atoms with Crippen LogP contribution in [0.1, 0.15) is 39.0 Å². The minimum Gasteiger partial charge on any atom is -0.460 e. The number of oxime groups is 1. The van der Waals surface area contributed by atoms with E-state index < -0.39 is 52.3 Å². The molecule has 1 aromatic carbocycles. The minimum atomic E-state index is -4.97. The molecule has 0 radical (unpaired) electrons. The zero-order chi connectivity index (χ0) is 27.4. The van der Waals surface area contributed by atoms with E-state index in [2.05, 4.69) is 5.16 Å². The number of alkyl halides is 3. The maximum absolute atomic E-state index is 14.6. The first-order valence-electron chi connectivity index (χ1n) is 10.4. The van der Waals surface area contributed by atoms with E-state index in [0.29, 0.717) is 0 Å². The molecule has 1 unspecified atom stereocenters. The largest absolute Gasteiger partial charge is 0.460 e. The van der Waals surface area contributed by atoms with E-state index in [4.69, 9.17) is 25.9 Å². The molecule has 9 nitrogen and oxygen atoms in total. The van der Waals surface area contributed by atoms with Gasteiger partial charge in [-0.3, -0.25) is 9.36 Å². The van der Waals surface area contributed by atoms with Crippen LogP contribution >= 0.6 is 11.6 Å². The molecular formula is C22H24ClF4N3O6. The third-order valence-electron chi connectivity index (χ3n) is 4.52. The average molecular weight is 538 g/mol. The molecule has 0 fully saturated rings. The lowest BCUT2D eigenvalue weighted by molar-refractivity contribution is -0.159. The lowest BCUT2D eigenvalue weighted by Gasteiger charge is -2.19. The molecule has 14 heteroatoms. The summed E-state index contributed by atoms with van der Waals surface area (Å²) >= 11 is 5.97. The number of carbonyl (C=O) groups excluding carboxylic acids is 1. The fraction of sp³-hybridized carbons (Fsp3) is 0.455. The predicted molar refractivity (Wildman–Crippen MR) is 122 cm³/mol. The first kappa shape index (κ1) is 29.0. The van der Waals surface area contributed by atoms with Crippen molar-refractivity contribution in [1.82, 2.24) is 9.13 Å². The first-order chi connectivity index (χ1) is 16.5. The van der Waals surface area contributed by atoms with Gasteiger partial charge in [0.05, 0.1) is 29.1 Å². The van der Waals surface area contributed by atoms with Crippen molar-refractivity contribution in [2.24, 2.45) is 12.2 Å². The van der Waals surface area contributed by atoms with Gasteiger partial charge in [0.2, 0.25) is 6.10 Å². The average Bonchev–Trinajstić information content (AvgIpc) is 2.74. The molecule has 0 aliphatic carbocycles. The molecule has 198 valence electrons. The van der Waals surface area contributed by atoms with E-state index >= 15 is 0 Å². The molecule has 0 spiro atoms. The second-order valence-electron chi connectivity index (χ2n) is 8.48. The summed E-state index contributed by atoms with van der Waals surface area (Å²) in [6.07, 6.45) is -5.14. The molecule has 1 heterocycles. The Labute approximate surface area is 207 Å². The van der Waals surface area contributed by atoms with Crippen LogP contribution in [0.4, 0.5) is 17.6 Å². The summed E-state index contributed by atoms with van der Waals surface area (Å²) in [5.74, 6) is -1.89. The van der Waals surface area contributed by atoms with Crippen LogP contribution in [0.3, 0.4) is 0 Å². The van der Waals surface area contributed by atoms with E-state index in [1.165, 1.54) is 6.92 Å². The summed E-state index contributed by atoms with van der Waals surface area (Å²) < 4.78 is 64.6. The highest BCUT2D eigenvalue weighted by molar-refractivity contribution is 6.33. The Morgan fingerprint density at radius 2 is 1.81 bits per heavy atom. The van der Waals surface area contributed by atoms with Gasteiger partial charge in [0.25, 0.3) is 5.56 Å². The van der Waals surface area contributed by atoms with Crippen LogP contribution < -0.4 is 11.2 Å². The molecule has 0 N–H and O–H groups in total. The fourth-order valence-electron chi connectivity index (χ4n) is 2.77. The highest BCUT2D eigenvalue weighted by Gasteiger charge is 2.35. The number of nitrogens with zero attached hydrogens (tertiary/aromatic N) is 3. The van der Waals surface area contributed by atoms with Crippen molar-refractivity contribution in [3.8, 4) is 5.69 Å². The Morgan fingerprint density at radius 3 is 2.39 bits per heavy atom. The minimum absolute atomic E-state index is 0.0164. The van der Waals surface area contributed by atoms with Gasteiger partial charge in [-0.2, -0.15) is 13.2 Å². The van der Waals surface area contributed by atoms with E-state index in [-0.39, 0.29) is 39.0 Å². The molecule has 0 aliphatic rings. The summed E-state index contributed by atoms with van der Waals surface area (Å²) in [5.41, 5.74) is -5.45. The van der Waals surface area contributed by atoms with Crippen LogP contribution in [0.5, 0.6) is 0 Å². The van der Waals surface area contributed by atoms with Gasteiger partial charge >= 0.3 is 17.8 Å². The fourth-order valence-corrected chi connectivity index (χ4v) is 2.97. The Morgan fingerprint density at radius 1 is 1.17 bits per heavy atom. The number of hydrogen-bond acceptors (Lipinski definition) is 7. The van der Waals surface area contributed by atoms with Gasteiger partial charge in [0, 0.05) is 18.7 Å². The van der Waals surface area contributed by atoms with Gasteiger partial charge in [-0.15, -0.1) is 0 Å². The standard InChI is InChI=1S/C22H24ClF4N3O6/c1-12(19(32)34-6-7-35-21(2,3)4)36-28-11-13-8-16(15(24)9-14(13)23)30-18(31)10-17(22(25,26)27)29(5)20(30)33/h8-12H,6-7H2,1-5H3/b28-11+. The van der Waals surface area contributed by atoms with Crippen molar-refractivity contribution < 1.29 is 36.7 Å². The number of rotatable bonds is 8. The molecule has 0 bridgehead atoms. The Balaban J connectivity index is 2.24. The SMILES string of the molecule is CC(O/N=C/c1cc(-n2c(=O)cc(C(F)(F)F)n(C)c2=O)c(F)cc1Cl)C(=O)OCCOC(C)(C)C. The van der Waals surface area contributed by atoms with Gasteiger partial charge in [-0.1, -0.05) is 16.8 Å². The van der Waals surface area contributed by atoms with Crippen LogP contribution in [0.15, 0.2) is 32.9 Å². The van der Waals surface area contributed by atoms with Gasteiger partial charge in [-0.05, 0) is 39.8 Å². The molecule has 0 saturated carbocycles. The Hall–Kier alpha value is -3.19. The van der Waals surface area contributed by atoms with Crippen LogP contribution in [-0.2, 0) is 32.3 Å². The molecule has 2 aromatic rings. The Kier molecular flexibility index (Phi) is 9.08. The molecule has 1 atom stereocenters. The molecule has 0 aliphatic heterocycles. The number of carbonyl (C=O) groups is 1. The number of ether oxygens (including phenoxy) is 2. The highest BCUT2D eigenvalue weighted by atomic mass is 35.5. The van der Waals surface area contributed by atoms with Gasteiger partial charge in [0.1, 0.15) is 18.1 Å². The van der Waals surface area contributed by atoms with Crippen molar-refractivity contribution in [1.29, 1.82) is 0 Å². The van der Waals surface area contributed by atoms with Crippen molar-refractivity contribution in [3.05, 3.63) is 61.1 Å². The van der Waals surface area contributed by atoms with Crippen molar-refractivity contribution in [2.75, 3.05) is 13.2 Å². The predicted octanol–water partition coefficient (Wildman–Crippen LogP) is 3.44. The van der Waals surface area contributed by atoms with Crippen LogP contribution in [0.2, 0.25) is 5.02 Å². The maximum Gasteiger partial charge on any atom is 0.431 e. The third-order valence-corrected chi connectivity index (χ3v) is 4.85. The molecule has 2 rings (SSSR count). The topological polar surface area (TPSA) is 101 Å². The van der Waals surface area contributed by atoms with E-state index in [9.17, 15) is 31.9 Å². The highest BCUT2D eigenvalue weighted by Crippen LogP contribution is 2.27. The molecule has 0 amide bonds. The zero-order valence-electron chi connectivity index (χ0n) is 20.0. The number of benzene rings is 1. The van der Waals surface area contributed by atoms with Crippen LogP contribution in [0, 0.1) is 5.82 Å². The van der Waals surface area contributed by atoms with Crippen LogP contribution in [-0.4, -0.2) is 46.2 Å². The molecular weight excluding hydrogens is 514 g/mol. The lowest BCUT2D eigenvalue weighted by atomic mass is 10.2. The summed E-state index contributed by atoms with van der Waals surface area (Å²) in [4.78, 5) is 41.7. The van der Waals surface area contributed by atoms with Crippen molar-refractivity contribution in [2.45, 2.75) is 45.6 Å². The quantitative estimate of drug-likeness (QED) is 0.168. The molecule has 1 aromatic heterocycles. The maximum atomic E-state index is 14.6. The third kappa shape index (κ3) is 7.40. The second-order valence-corrected chi connectivity index (χ2v) is 8.89. The van der Waals surface area contributed by atoms with Gasteiger partial charge < -0.3 is 14.3 Å². The van der Waals surface area contributed by atoms with Crippen LogP contribution in [0.25, 0.3) is 5.69 Å². The van der Waals surface area contributed by atoms with Gasteiger partial charge in [0.15, 0.2) is 0 Å². The number of hydrogen-bond donors (Lipinski definition) is 0. The summed E-state index contributed by atoms with van der Waals surface area (Å²) in [7, 11) is 0.793. The summed E-state index contributed by atoms with van der Waals surface area (Å²) in [6, 6.07) is 1.84.